The maximum absolute atomic E-state index is 11.4. The third-order valence-corrected chi connectivity index (χ3v) is 2.25. The molecule has 94 valence electrons. The number of hydrogen-bond donors (Lipinski definition) is 1. The highest BCUT2D eigenvalue weighted by Crippen LogP contribution is 2.07. The molecule has 2 aromatic rings. The summed E-state index contributed by atoms with van der Waals surface area (Å²) in [6, 6.07) is 10.3. The van der Waals surface area contributed by atoms with Crippen LogP contribution in [0, 0.1) is 0 Å². The molecule has 5 nitrogen and oxygen atoms in total. The Hall–Kier alpha value is -2.11. The highest BCUT2D eigenvalue weighted by Gasteiger charge is 2.05. The van der Waals surface area contributed by atoms with Gasteiger partial charge in [-0.1, -0.05) is 23.7 Å². The number of halogens is 1. The molecule has 0 atom stereocenters. The SMILES string of the molecule is O.O=C(N/N=C/c1ccc(Cl)cc1)c1ccco1. The summed E-state index contributed by atoms with van der Waals surface area (Å²) in [6.45, 7) is 0. The number of hydrogen-bond acceptors (Lipinski definition) is 3. The predicted molar refractivity (Wildman–Crippen MR) is 68.8 cm³/mol. The molecule has 0 aliphatic carbocycles. The molecule has 6 heteroatoms. The molecule has 1 aromatic carbocycles. The lowest BCUT2D eigenvalue weighted by molar-refractivity contribution is 0.0927. The molecule has 0 saturated heterocycles. The third kappa shape index (κ3) is 3.73. The minimum Gasteiger partial charge on any atom is -0.459 e. The van der Waals surface area contributed by atoms with Crippen LogP contribution in [0.15, 0.2) is 52.2 Å². The third-order valence-electron chi connectivity index (χ3n) is 1.99. The average molecular weight is 267 g/mol. The summed E-state index contributed by atoms with van der Waals surface area (Å²) in [6.07, 6.45) is 2.95. The van der Waals surface area contributed by atoms with Crippen molar-refractivity contribution in [2.75, 3.05) is 0 Å². The van der Waals surface area contributed by atoms with Crippen LogP contribution in [0.3, 0.4) is 0 Å². The molecule has 0 aliphatic heterocycles. The quantitative estimate of drug-likeness (QED) is 0.679. The van der Waals surface area contributed by atoms with Crippen molar-refractivity contribution in [2.24, 2.45) is 5.10 Å². The lowest BCUT2D eigenvalue weighted by Crippen LogP contribution is -2.16. The lowest BCUT2D eigenvalue weighted by Gasteiger charge is -1.95. The van der Waals surface area contributed by atoms with E-state index in [1.54, 1.807) is 36.4 Å². The van der Waals surface area contributed by atoms with Gasteiger partial charge in [-0.3, -0.25) is 4.79 Å². The lowest BCUT2D eigenvalue weighted by atomic mass is 10.2. The van der Waals surface area contributed by atoms with Gasteiger partial charge in [-0.25, -0.2) is 5.43 Å². The van der Waals surface area contributed by atoms with Gasteiger partial charge in [0.25, 0.3) is 0 Å². The normalized spacial score (nSPS) is 10.1. The number of benzene rings is 1. The van der Waals surface area contributed by atoms with Crippen LogP contribution in [0.2, 0.25) is 5.02 Å². The van der Waals surface area contributed by atoms with Crippen molar-refractivity contribution in [3.05, 3.63) is 59.0 Å². The average Bonchev–Trinajstić information content (AvgIpc) is 2.85. The van der Waals surface area contributed by atoms with Crippen LogP contribution >= 0.6 is 11.6 Å². The minimum atomic E-state index is -0.389. The Morgan fingerprint density at radius 2 is 2.00 bits per heavy atom. The maximum atomic E-state index is 11.4. The van der Waals surface area contributed by atoms with Crippen molar-refractivity contribution >= 4 is 23.7 Å². The predicted octanol–water partition coefficient (Wildman–Crippen LogP) is 1.87. The van der Waals surface area contributed by atoms with Gasteiger partial charge in [0.2, 0.25) is 0 Å². The Morgan fingerprint density at radius 1 is 1.28 bits per heavy atom. The van der Waals surface area contributed by atoms with Gasteiger partial charge in [-0.2, -0.15) is 5.10 Å². The monoisotopic (exact) mass is 266 g/mol. The summed E-state index contributed by atoms with van der Waals surface area (Å²) < 4.78 is 4.91. The van der Waals surface area contributed by atoms with E-state index in [4.69, 9.17) is 16.0 Å². The second-order valence-corrected chi connectivity index (χ2v) is 3.66. The Kier molecular flexibility index (Phi) is 5.10. The summed E-state index contributed by atoms with van der Waals surface area (Å²) >= 11 is 5.74. The molecule has 0 aliphatic rings. The molecule has 0 radical (unpaired) electrons. The summed E-state index contributed by atoms with van der Waals surface area (Å²) in [4.78, 5) is 11.4. The van der Waals surface area contributed by atoms with E-state index >= 15 is 0 Å². The summed E-state index contributed by atoms with van der Waals surface area (Å²) in [5.74, 6) is -0.168. The van der Waals surface area contributed by atoms with Crippen LogP contribution in [0.5, 0.6) is 0 Å². The van der Waals surface area contributed by atoms with E-state index in [9.17, 15) is 4.79 Å². The van der Waals surface area contributed by atoms with Gasteiger partial charge in [0.05, 0.1) is 12.5 Å². The number of hydrazone groups is 1. The molecular weight excluding hydrogens is 256 g/mol. The van der Waals surface area contributed by atoms with Gasteiger partial charge in [0, 0.05) is 5.02 Å². The Balaban J connectivity index is 0.00000162. The molecule has 0 bridgehead atoms. The van der Waals surface area contributed by atoms with Crippen molar-refractivity contribution in [1.82, 2.24) is 5.43 Å². The van der Waals surface area contributed by atoms with Crippen molar-refractivity contribution in [1.29, 1.82) is 0 Å². The molecule has 1 amide bonds. The van der Waals surface area contributed by atoms with Crippen LogP contribution in [0.25, 0.3) is 0 Å². The van der Waals surface area contributed by atoms with Crippen molar-refractivity contribution in [3.63, 3.8) is 0 Å². The second-order valence-electron chi connectivity index (χ2n) is 3.23. The Morgan fingerprint density at radius 3 is 2.61 bits per heavy atom. The molecular formula is C12H11ClN2O3. The summed E-state index contributed by atoms with van der Waals surface area (Å²) in [7, 11) is 0. The molecule has 0 fully saturated rings. The fraction of sp³-hybridized carbons (Fsp3) is 0. The molecule has 1 aromatic heterocycles. The topological polar surface area (TPSA) is 86.1 Å². The molecule has 0 unspecified atom stereocenters. The highest BCUT2D eigenvalue weighted by molar-refractivity contribution is 6.30. The molecule has 2 rings (SSSR count). The standard InChI is InChI=1S/C12H9ClN2O2.H2O/c13-10-5-3-9(4-6-10)8-14-15-12(16)11-2-1-7-17-11;/h1-8H,(H,15,16);1H2/b14-8+;. The van der Waals surface area contributed by atoms with E-state index in [2.05, 4.69) is 10.5 Å². The van der Waals surface area contributed by atoms with Crippen LogP contribution in [0.1, 0.15) is 16.1 Å². The zero-order valence-electron chi connectivity index (χ0n) is 9.26. The number of nitrogens with one attached hydrogen (secondary N) is 1. The number of carbonyl (C=O) groups is 1. The maximum Gasteiger partial charge on any atom is 0.307 e. The molecule has 0 spiro atoms. The number of furan rings is 1. The van der Waals surface area contributed by atoms with Gasteiger partial charge in [-0.05, 0) is 29.8 Å². The Bertz CT molecular complexity index is 521. The van der Waals surface area contributed by atoms with Crippen LogP contribution in [-0.2, 0) is 0 Å². The van der Waals surface area contributed by atoms with E-state index in [-0.39, 0.29) is 17.1 Å². The number of amides is 1. The first-order valence-corrected chi connectivity index (χ1v) is 5.26. The summed E-state index contributed by atoms with van der Waals surface area (Å²) in [5, 5.41) is 4.45. The van der Waals surface area contributed by atoms with Gasteiger partial charge in [-0.15, -0.1) is 0 Å². The first kappa shape index (κ1) is 14.0. The smallest absolute Gasteiger partial charge is 0.307 e. The van der Waals surface area contributed by atoms with Gasteiger partial charge < -0.3 is 9.89 Å². The zero-order valence-corrected chi connectivity index (χ0v) is 10.0. The van der Waals surface area contributed by atoms with E-state index in [1.165, 1.54) is 12.5 Å². The van der Waals surface area contributed by atoms with E-state index < -0.39 is 0 Å². The number of rotatable bonds is 3. The minimum absolute atomic E-state index is 0. The molecule has 1 heterocycles. The first-order chi connectivity index (χ1) is 8.25. The first-order valence-electron chi connectivity index (χ1n) is 4.88. The van der Waals surface area contributed by atoms with Crippen LogP contribution < -0.4 is 5.43 Å². The van der Waals surface area contributed by atoms with Crippen molar-refractivity contribution in [3.8, 4) is 0 Å². The van der Waals surface area contributed by atoms with Gasteiger partial charge >= 0.3 is 5.91 Å². The van der Waals surface area contributed by atoms with Gasteiger partial charge in [0.1, 0.15) is 0 Å². The highest BCUT2D eigenvalue weighted by atomic mass is 35.5. The molecule has 18 heavy (non-hydrogen) atoms. The number of nitrogens with zero attached hydrogens (tertiary/aromatic N) is 1. The van der Waals surface area contributed by atoms with E-state index in [0.717, 1.165) is 5.56 Å². The van der Waals surface area contributed by atoms with Crippen LogP contribution in [0.4, 0.5) is 0 Å². The van der Waals surface area contributed by atoms with Crippen LogP contribution in [-0.4, -0.2) is 17.6 Å². The fourth-order valence-corrected chi connectivity index (χ4v) is 1.30. The fourth-order valence-electron chi connectivity index (χ4n) is 1.18. The van der Waals surface area contributed by atoms with E-state index in [0.29, 0.717) is 5.02 Å². The number of carbonyl (C=O) groups excluding carboxylic acids is 1. The van der Waals surface area contributed by atoms with E-state index in [1.807, 2.05) is 0 Å². The van der Waals surface area contributed by atoms with Gasteiger partial charge in [0.15, 0.2) is 5.76 Å². The van der Waals surface area contributed by atoms with Crippen molar-refractivity contribution < 1.29 is 14.7 Å². The summed E-state index contributed by atoms with van der Waals surface area (Å²) in [5.41, 5.74) is 3.19. The Labute approximate surface area is 108 Å². The zero-order chi connectivity index (χ0) is 12.1. The van der Waals surface area contributed by atoms with Crippen molar-refractivity contribution in [2.45, 2.75) is 0 Å². The largest absolute Gasteiger partial charge is 0.459 e. The molecule has 3 N–H and O–H groups in total. The second kappa shape index (κ2) is 6.58. The molecule has 0 saturated carbocycles.